The minimum absolute atomic E-state index is 0.923. The van der Waals surface area contributed by atoms with Crippen molar-refractivity contribution < 1.29 is 0 Å². The molecule has 0 radical (unpaired) electrons. The minimum Gasteiger partial charge on any atom is -0.352 e. The smallest absolute Gasteiger partial charge is 0.154 e. The maximum absolute atomic E-state index is 3.94. The molecule has 1 aliphatic rings. The number of piperazine rings is 1. The number of nitrogens with zero attached hydrogens (tertiary/aromatic N) is 4. The molecule has 0 unspecified atom stereocenters. The Labute approximate surface area is 70.8 Å². The summed E-state index contributed by atoms with van der Waals surface area (Å²) in [6.45, 7) is 4.03. The van der Waals surface area contributed by atoms with E-state index in [2.05, 4.69) is 25.6 Å². The van der Waals surface area contributed by atoms with Crippen LogP contribution in [0.4, 0.5) is 5.82 Å². The van der Waals surface area contributed by atoms with E-state index >= 15 is 0 Å². The van der Waals surface area contributed by atoms with E-state index in [1.54, 1.807) is 6.20 Å². The maximum Gasteiger partial charge on any atom is 0.154 e. The molecule has 1 saturated heterocycles. The molecule has 64 valence electrons. The van der Waals surface area contributed by atoms with Crippen LogP contribution in [0.3, 0.4) is 0 Å². The number of nitrogens with one attached hydrogen (secondary N) is 1. The van der Waals surface area contributed by atoms with E-state index in [4.69, 9.17) is 0 Å². The standard InChI is InChI=1S/C7H11N5/c1-2-9-11-10-7(1)12-5-3-8-4-6-12/h1-2,8H,3-6H2. The Morgan fingerprint density at radius 3 is 2.83 bits per heavy atom. The number of aromatic nitrogens is 3. The zero-order valence-corrected chi connectivity index (χ0v) is 6.77. The SMILES string of the molecule is c1cc(N2CCNCC2)nnn1. The van der Waals surface area contributed by atoms with Crippen molar-refractivity contribution in [1.29, 1.82) is 0 Å². The van der Waals surface area contributed by atoms with Gasteiger partial charge in [0.2, 0.25) is 0 Å². The third-order valence-corrected chi connectivity index (χ3v) is 1.93. The van der Waals surface area contributed by atoms with Crippen LogP contribution in [0, 0.1) is 0 Å². The van der Waals surface area contributed by atoms with E-state index in [0.717, 1.165) is 32.0 Å². The average Bonchev–Trinajstić information content (AvgIpc) is 2.21. The first-order valence-electron chi connectivity index (χ1n) is 4.07. The van der Waals surface area contributed by atoms with Gasteiger partial charge in [-0.25, -0.2) is 0 Å². The van der Waals surface area contributed by atoms with Crippen LogP contribution in [0.1, 0.15) is 0 Å². The quantitative estimate of drug-likeness (QED) is 0.595. The summed E-state index contributed by atoms with van der Waals surface area (Å²) < 4.78 is 0. The van der Waals surface area contributed by atoms with Crippen molar-refractivity contribution >= 4 is 5.82 Å². The van der Waals surface area contributed by atoms with Crippen LogP contribution in [0.15, 0.2) is 12.3 Å². The molecule has 2 rings (SSSR count). The summed E-state index contributed by atoms with van der Waals surface area (Å²) in [5.74, 6) is 0.923. The van der Waals surface area contributed by atoms with Crippen molar-refractivity contribution in [3.63, 3.8) is 0 Å². The molecule has 0 spiro atoms. The molecule has 1 aromatic heterocycles. The monoisotopic (exact) mass is 165 g/mol. The van der Waals surface area contributed by atoms with Crippen LogP contribution in [0.2, 0.25) is 0 Å². The van der Waals surface area contributed by atoms with Gasteiger partial charge in [0.15, 0.2) is 5.82 Å². The molecule has 1 aromatic rings. The van der Waals surface area contributed by atoms with Crippen LogP contribution in [0.25, 0.3) is 0 Å². The van der Waals surface area contributed by atoms with Crippen molar-refractivity contribution in [2.24, 2.45) is 0 Å². The summed E-state index contributed by atoms with van der Waals surface area (Å²) in [4.78, 5) is 2.20. The van der Waals surface area contributed by atoms with Crippen molar-refractivity contribution in [2.75, 3.05) is 31.1 Å². The van der Waals surface area contributed by atoms with Gasteiger partial charge in [0.25, 0.3) is 0 Å². The summed E-state index contributed by atoms with van der Waals surface area (Å²) in [5, 5.41) is 14.5. The molecule has 0 amide bonds. The molecule has 1 N–H and O–H groups in total. The van der Waals surface area contributed by atoms with Gasteiger partial charge in [-0.15, -0.1) is 10.2 Å². The third kappa shape index (κ3) is 1.50. The predicted molar refractivity (Wildman–Crippen MR) is 44.9 cm³/mol. The van der Waals surface area contributed by atoms with E-state index in [9.17, 15) is 0 Å². The number of anilines is 1. The summed E-state index contributed by atoms with van der Waals surface area (Å²) in [7, 11) is 0. The molecular weight excluding hydrogens is 154 g/mol. The molecule has 12 heavy (non-hydrogen) atoms. The largest absolute Gasteiger partial charge is 0.352 e. The number of hydrogen-bond acceptors (Lipinski definition) is 5. The predicted octanol–water partition coefficient (Wildman–Crippen LogP) is -0.719. The first-order valence-corrected chi connectivity index (χ1v) is 4.07. The zero-order chi connectivity index (χ0) is 8.23. The van der Waals surface area contributed by atoms with Gasteiger partial charge in [0.1, 0.15) is 0 Å². The van der Waals surface area contributed by atoms with Gasteiger partial charge < -0.3 is 10.2 Å². The Kier molecular flexibility index (Phi) is 2.13. The van der Waals surface area contributed by atoms with Crippen LogP contribution in [-0.2, 0) is 0 Å². The van der Waals surface area contributed by atoms with E-state index in [1.165, 1.54) is 0 Å². The van der Waals surface area contributed by atoms with E-state index in [-0.39, 0.29) is 0 Å². The summed E-state index contributed by atoms with van der Waals surface area (Å²) in [6.07, 6.45) is 1.67. The highest BCUT2D eigenvalue weighted by Crippen LogP contribution is 2.06. The van der Waals surface area contributed by atoms with E-state index < -0.39 is 0 Å². The summed E-state index contributed by atoms with van der Waals surface area (Å²) >= 11 is 0. The molecule has 1 fully saturated rings. The second-order valence-electron chi connectivity index (χ2n) is 2.72. The van der Waals surface area contributed by atoms with E-state index in [0.29, 0.717) is 0 Å². The van der Waals surface area contributed by atoms with Gasteiger partial charge in [0.05, 0.1) is 6.20 Å². The van der Waals surface area contributed by atoms with Gasteiger partial charge >= 0.3 is 0 Å². The molecule has 0 aliphatic carbocycles. The maximum atomic E-state index is 3.94. The van der Waals surface area contributed by atoms with Gasteiger partial charge in [-0.3, -0.25) is 0 Å². The van der Waals surface area contributed by atoms with Crippen LogP contribution in [-0.4, -0.2) is 41.6 Å². The molecule has 2 heterocycles. The van der Waals surface area contributed by atoms with Gasteiger partial charge in [-0.05, 0) is 5.21 Å². The summed E-state index contributed by atoms with van der Waals surface area (Å²) in [6, 6.07) is 1.89. The first-order chi connectivity index (χ1) is 5.97. The fourth-order valence-electron chi connectivity index (χ4n) is 1.30. The summed E-state index contributed by atoms with van der Waals surface area (Å²) in [5.41, 5.74) is 0. The highest BCUT2D eigenvalue weighted by molar-refractivity contribution is 5.35. The topological polar surface area (TPSA) is 53.9 Å². The number of rotatable bonds is 1. The lowest BCUT2D eigenvalue weighted by Crippen LogP contribution is -2.43. The average molecular weight is 165 g/mol. The molecule has 0 aromatic carbocycles. The van der Waals surface area contributed by atoms with Gasteiger partial charge in [-0.2, -0.15) is 0 Å². The molecule has 0 atom stereocenters. The second kappa shape index (κ2) is 3.44. The van der Waals surface area contributed by atoms with E-state index in [1.807, 2.05) is 6.07 Å². The minimum atomic E-state index is 0.923. The van der Waals surface area contributed by atoms with Crippen LogP contribution in [0.5, 0.6) is 0 Å². The lowest BCUT2D eigenvalue weighted by Gasteiger charge is -2.27. The molecular formula is C7H11N5. The zero-order valence-electron chi connectivity index (χ0n) is 6.77. The van der Waals surface area contributed by atoms with Crippen molar-refractivity contribution in [1.82, 2.24) is 20.7 Å². The Hall–Kier alpha value is -1.23. The number of hydrogen-bond donors (Lipinski definition) is 1. The highest BCUT2D eigenvalue weighted by Gasteiger charge is 2.10. The Morgan fingerprint density at radius 1 is 1.33 bits per heavy atom. The Morgan fingerprint density at radius 2 is 2.17 bits per heavy atom. The van der Waals surface area contributed by atoms with Crippen LogP contribution >= 0.6 is 0 Å². The normalized spacial score (nSPS) is 17.8. The van der Waals surface area contributed by atoms with Crippen molar-refractivity contribution in [3.05, 3.63) is 12.3 Å². The van der Waals surface area contributed by atoms with Crippen LogP contribution < -0.4 is 10.2 Å². The molecule has 5 nitrogen and oxygen atoms in total. The third-order valence-electron chi connectivity index (χ3n) is 1.93. The fraction of sp³-hybridized carbons (Fsp3) is 0.571. The molecule has 5 heteroatoms. The molecule has 0 bridgehead atoms. The van der Waals surface area contributed by atoms with Gasteiger partial charge in [-0.1, -0.05) is 0 Å². The lowest BCUT2D eigenvalue weighted by atomic mass is 10.3. The molecule has 0 saturated carbocycles. The van der Waals surface area contributed by atoms with Crippen molar-refractivity contribution in [3.8, 4) is 0 Å². The van der Waals surface area contributed by atoms with Gasteiger partial charge in [0, 0.05) is 32.2 Å². The molecule has 1 aliphatic heterocycles. The Balaban J connectivity index is 2.08. The highest BCUT2D eigenvalue weighted by atomic mass is 15.4. The van der Waals surface area contributed by atoms with Crippen molar-refractivity contribution in [2.45, 2.75) is 0 Å². The Bertz CT molecular complexity index is 231. The fourth-order valence-corrected chi connectivity index (χ4v) is 1.30. The lowest BCUT2D eigenvalue weighted by molar-refractivity contribution is 0.580. The second-order valence-corrected chi connectivity index (χ2v) is 2.72. The first kappa shape index (κ1) is 7.42.